The van der Waals surface area contributed by atoms with Crippen LogP contribution in [0.2, 0.25) is 0 Å². The molecule has 28 heavy (non-hydrogen) atoms. The Morgan fingerprint density at radius 2 is 1.89 bits per heavy atom. The molecule has 1 aliphatic rings. The van der Waals surface area contributed by atoms with Crippen molar-refractivity contribution in [2.75, 3.05) is 34.4 Å². The fourth-order valence-electron chi connectivity index (χ4n) is 3.17. The lowest BCUT2D eigenvalue weighted by atomic mass is 10.0. The van der Waals surface area contributed by atoms with E-state index in [1.54, 1.807) is 55.3 Å². The van der Waals surface area contributed by atoms with Crippen LogP contribution in [0.5, 0.6) is 11.5 Å². The van der Waals surface area contributed by atoms with Crippen molar-refractivity contribution in [1.29, 1.82) is 0 Å². The van der Waals surface area contributed by atoms with Crippen molar-refractivity contribution in [2.24, 2.45) is 0 Å². The lowest BCUT2D eigenvalue weighted by molar-refractivity contribution is -0.128. The lowest BCUT2D eigenvalue weighted by Crippen LogP contribution is -2.32. The predicted octanol–water partition coefficient (Wildman–Crippen LogP) is 2.75. The quantitative estimate of drug-likeness (QED) is 0.798. The zero-order chi connectivity index (χ0) is 20.1. The molecular weight excluding hydrogens is 356 g/mol. The number of carbonyl (C=O) groups excluding carboxylic acids is 2. The zero-order valence-corrected chi connectivity index (χ0v) is 16.6. The third-order valence-corrected chi connectivity index (χ3v) is 4.86. The van der Waals surface area contributed by atoms with Gasteiger partial charge in [-0.3, -0.25) is 9.59 Å². The third kappa shape index (κ3) is 4.63. The first-order valence-electron chi connectivity index (χ1n) is 9.36. The van der Waals surface area contributed by atoms with Crippen LogP contribution >= 0.6 is 0 Å². The number of carbonyl (C=O) groups is 2. The Kier molecular flexibility index (Phi) is 6.19. The highest BCUT2D eigenvalue weighted by molar-refractivity contribution is 5.94. The van der Waals surface area contributed by atoms with Crippen molar-refractivity contribution in [3.8, 4) is 11.5 Å². The number of benzene rings is 2. The maximum Gasteiger partial charge on any atom is 0.254 e. The van der Waals surface area contributed by atoms with E-state index in [0.717, 1.165) is 22.6 Å². The maximum atomic E-state index is 12.9. The molecule has 0 saturated heterocycles. The highest BCUT2D eigenvalue weighted by atomic mass is 16.5. The number of hydrogen-bond acceptors (Lipinski definition) is 4. The summed E-state index contributed by atoms with van der Waals surface area (Å²) in [6, 6.07) is 13.1. The summed E-state index contributed by atoms with van der Waals surface area (Å²) in [4.78, 5) is 28.2. The van der Waals surface area contributed by atoms with Gasteiger partial charge < -0.3 is 19.3 Å². The maximum absolute atomic E-state index is 12.9. The van der Waals surface area contributed by atoms with Crippen LogP contribution in [0.1, 0.15) is 27.9 Å². The summed E-state index contributed by atoms with van der Waals surface area (Å²) >= 11 is 0. The average molecular weight is 382 g/mol. The molecule has 0 bridgehead atoms. The number of hydrogen-bond donors (Lipinski definition) is 0. The monoisotopic (exact) mass is 382 g/mol. The standard InChI is InChI=1S/C22H26N2O4/c1-23(2)21(25)11-5-16-4-10-20-18(14-16)15-24(12-13-28-20)22(26)17-6-8-19(27-3)9-7-17/h4,6-10,14H,5,11-13,15H2,1-3H3. The summed E-state index contributed by atoms with van der Waals surface area (Å²) in [7, 11) is 5.12. The van der Waals surface area contributed by atoms with E-state index >= 15 is 0 Å². The SMILES string of the molecule is COc1ccc(C(=O)N2CCOc3ccc(CCC(=O)N(C)C)cc3C2)cc1. The minimum Gasteiger partial charge on any atom is -0.497 e. The molecule has 0 aromatic heterocycles. The van der Waals surface area contributed by atoms with Crippen molar-refractivity contribution in [1.82, 2.24) is 9.80 Å². The van der Waals surface area contributed by atoms with E-state index in [1.165, 1.54) is 0 Å². The van der Waals surface area contributed by atoms with Gasteiger partial charge >= 0.3 is 0 Å². The third-order valence-electron chi connectivity index (χ3n) is 4.86. The Morgan fingerprint density at radius 1 is 1.14 bits per heavy atom. The molecule has 0 unspecified atom stereocenters. The van der Waals surface area contributed by atoms with Gasteiger partial charge in [0.1, 0.15) is 18.1 Å². The van der Waals surface area contributed by atoms with Crippen LogP contribution in [-0.4, -0.2) is 56.0 Å². The second-order valence-electron chi connectivity index (χ2n) is 7.03. The molecule has 148 valence electrons. The smallest absolute Gasteiger partial charge is 0.254 e. The Balaban J connectivity index is 1.74. The number of aryl methyl sites for hydroxylation is 1. The number of ether oxygens (including phenoxy) is 2. The van der Waals surface area contributed by atoms with Gasteiger partial charge in [-0.15, -0.1) is 0 Å². The number of amides is 2. The fraction of sp³-hybridized carbons (Fsp3) is 0.364. The lowest BCUT2D eigenvalue weighted by Gasteiger charge is -2.20. The average Bonchev–Trinajstić information content (AvgIpc) is 2.93. The number of methoxy groups -OCH3 is 1. The summed E-state index contributed by atoms with van der Waals surface area (Å²) in [5, 5.41) is 0. The summed E-state index contributed by atoms with van der Waals surface area (Å²) in [6.07, 6.45) is 1.12. The zero-order valence-electron chi connectivity index (χ0n) is 16.6. The van der Waals surface area contributed by atoms with Crippen molar-refractivity contribution in [2.45, 2.75) is 19.4 Å². The van der Waals surface area contributed by atoms with Gasteiger partial charge in [0.25, 0.3) is 5.91 Å². The van der Waals surface area contributed by atoms with E-state index < -0.39 is 0 Å². The number of fused-ring (bicyclic) bond motifs is 1. The second-order valence-corrected chi connectivity index (χ2v) is 7.03. The Hall–Kier alpha value is -3.02. The Bertz CT molecular complexity index is 846. The molecular formula is C22H26N2O4. The van der Waals surface area contributed by atoms with Gasteiger partial charge in [0.2, 0.25) is 5.91 Å². The molecule has 0 fully saturated rings. The molecule has 0 aliphatic carbocycles. The van der Waals surface area contributed by atoms with Crippen LogP contribution in [0.25, 0.3) is 0 Å². The minimum absolute atomic E-state index is 0.0349. The molecule has 1 aliphatic heterocycles. The van der Waals surface area contributed by atoms with Gasteiger partial charge in [-0.2, -0.15) is 0 Å². The van der Waals surface area contributed by atoms with E-state index in [1.807, 2.05) is 18.2 Å². The minimum atomic E-state index is -0.0349. The van der Waals surface area contributed by atoms with Crippen LogP contribution in [0.15, 0.2) is 42.5 Å². The highest BCUT2D eigenvalue weighted by Crippen LogP contribution is 2.26. The van der Waals surface area contributed by atoms with Gasteiger partial charge in [-0.25, -0.2) is 0 Å². The van der Waals surface area contributed by atoms with E-state index in [4.69, 9.17) is 9.47 Å². The number of rotatable bonds is 5. The molecule has 2 aromatic carbocycles. The van der Waals surface area contributed by atoms with Crippen LogP contribution in [0.4, 0.5) is 0 Å². The van der Waals surface area contributed by atoms with E-state index in [0.29, 0.717) is 38.1 Å². The molecule has 0 atom stereocenters. The fourth-order valence-corrected chi connectivity index (χ4v) is 3.17. The summed E-state index contributed by atoms with van der Waals surface area (Å²) in [5.74, 6) is 1.58. The molecule has 0 spiro atoms. The van der Waals surface area contributed by atoms with Gasteiger partial charge in [-0.1, -0.05) is 12.1 Å². The second kappa shape index (κ2) is 8.78. The van der Waals surface area contributed by atoms with Crippen molar-refractivity contribution in [3.05, 3.63) is 59.2 Å². The van der Waals surface area contributed by atoms with Crippen LogP contribution in [0, 0.1) is 0 Å². The van der Waals surface area contributed by atoms with Crippen LogP contribution < -0.4 is 9.47 Å². The molecule has 6 heteroatoms. The largest absolute Gasteiger partial charge is 0.497 e. The molecule has 2 aromatic rings. The predicted molar refractivity (Wildman–Crippen MR) is 107 cm³/mol. The molecule has 1 heterocycles. The van der Waals surface area contributed by atoms with E-state index in [-0.39, 0.29) is 11.8 Å². The highest BCUT2D eigenvalue weighted by Gasteiger charge is 2.21. The molecule has 0 radical (unpaired) electrons. The molecule has 0 N–H and O–H groups in total. The molecule has 6 nitrogen and oxygen atoms in total. The Morgan fingerprint density at radius 3 is 2.57 bits per heavy atom. The Labute approximate surface area is 165 Å². The van der Waals surface area contributed by atoms with E-state index in [9.17, 15) is 9.59 Å². The molecule has 3 rings (SSSR count). The molecule has 0 saturated carbocycles. The van der Waals surface area contributed by atoms with Gasteiger partial charge in [0.15, 0.2) is 0 Å². The van der Waals surface area contributed by atoms with Gasteiger partial charge in [0.05, 0.1) is 13.7 Å². The summed E-state index contributed by atoms with van der Waals surface area (Å²) in [5.41, 5.74) is 2.66. The normalized spacial score (nSPS) is 13.2. The first kappa shape index (κ1) is 19.7. The molecule has 2 amide bonds. The number of nitrogens with zero attached hydrogens (tertiary/aromatic N) is 2. The summed E-state index contributed by atoms with van der Waals surface area (Å²) in [6.45, 7) is 1.46. The van der Waals surface area contributed by atoms with Crippen LogP contribution in [-0.2, 0) is 17.8 Å². The van der Waals surface area contributed by atoms with Crippen molar-refractivity contribution >= 4 is 11.8 Å². The van der Waals surface area contributed by atoms with Crippen LogP contribution in [0.3, 0.4) is 0 Å². The summed E-state index contributed by atoms with van der Waals surface area (Å²) < 4.78 is 11.0. The van der Waals surface area contributed by atoms with E-state index in [2.05, 4.69) is 0 Å². The topological polar surface area (TPSA) is 59.1 Å². The van der Waals surface area contributed by atoms with Gasteiger partial charge in [0, 0.05) is 38.2 Å². The first-order valence-corrected chi connectivity index (χ1v) is 9.36. The van der Waals surface area contributed by atoms with Gasteiger partial charge in [-0.05, 0) is 42.3 Å². The first-order chi connectivity index (χ1) is 13.5. The van der Waals surface area contributed by atoms with Crippen molar-refractivity contribution in [3.63, 3.8) is 0 Å². The van der Waals surface area contributed by atoms with Crippen molar-refractivity contribution < 1.29 is 19.1 Å².